The van der Waals surface area contributed by atoms with Crippen molar-refractivity contribution in [3.8, 4) is 11.5 Å². The van der Waals surface area contributed by atoms with Crippen molar-refractivity contribution < 1.29 is 9.53 Å². The van der Waals surface area contributed by atoms with E-state index in [-0.39, 0.29) is 5.91 Å². The molecule has 98 valence electrons. The van der Waals surface area contributed by atoms with E-state index in [0.717, 1.165) is 5.56 Å². The number of anilines is 1. The van der Waals surface area contributed by atoms with Crippen molar-refractivity contribution in [2.45, 2.75) is 6.92 Å². The lowest BCUT2D eigenvalue weighted by Crippen LogP contribution is -2.18. The van der Waals surface area contributed by atoms with Gasteiger partial charge in [-0.25, -0.2) is 0 Å². The first-order valence-electron chi connectivity index (χ1n) is 5.82. The normalized spacial score (nSPS) is 10.0. The van der Waals surface area contributed by atoms with Crippen LogP contribution in [0.3, 0.4) is 0 Å². The first-order valence-corrected chi connectivity index (χ1v) is 5.82. The van der Waals surface area contributed by atoms with Gasteiger partial charge in [-0.05, 0) is 30.7 Å². The first kappa shape index (κ1) is 12.9. The lowest BCUT2D eigenvalue weighted by molar-refractivity contribution is 0.0958. The SMILES string of the molecule is CNC(=O)c1cc(Oc2cc(C)ccc2N)ccn1. The van der Waals surface area contributed by atoms with E-state index < -0.39 is 0 Å². The van der Waals surface area contributed by atoms with Crippen LogP contribution in [0.2, 0.25) is 0 Å². The maximum absolute atomic E-state index is 11.5. The van der Waals surface area contributed by atoms with Crippen LogP contribution in [0.4, 0.5) is 5.69 Å². The molecule has 0 saturated carbocycles. The summed E-state index contributed by atoms with van der Waals surface area (Å²) in [7, 11) is 1.55. The Morgan fingerprint density at radius 2 is 2.11 bits per heavy atom. The number of carbonyl (C=O) groups is 1. The maximum atomic E-state index is 11.5. The van der Waals surface area contributed by atoms with E-state index >= 15 is 0 Å². The summed E-state index contributed by atoms with van der Waals surface area (Å²) in [6, 6.07) is 8.78. The molecule has 0 radical (unpaired) electrons. The summed E-state index contributed by atoms with van der Waals surface area (Å²) in [6.45, 7) is 1.95. The molecule has 1 amide bonds. The molecular formula is C14H15N3O2. The zero-order valence-corrected chi connectivity index (χ0v) is 10.8. The predicted molar refractivity (Wildman–Crippen MR) is 73.3 cm³/mol. The zero-order valence-electron chi connectivity index (χ0n) is 10.8. The zero-order chi connectivity index (χ0) is 13.8. The van der Waals surface area contributed by atoms with Crippen molar-refractivity contribution in [3.63, 3.8) is 0 Å². The second-order valence-corrected chi connectivity index (χ2v) is 4.10. The third kappa shape index (κ3) is 3.01. The van der Waals surface area contributed by atoms with Crippen LogP contribution >= 0.6 is 0 Å². The van der Waals surface area contributed by atoms with Crippen molar-refractivity contribution in [3.05, 3.63) is 47.8 Å². The number of nitrogens with one attached hydrogen (secondary N) is 1. The van der Waals surface area contributed by atoms with Gasteiger partial charge in [0.15, 0.2) is 5.75 Å². The highest BCUT2D eigenvalue weighted by Gasteiger charge is 2.08. The van der Waals surface area contributed by atoms with E-state index in [1.807, 2.05) is 19.1 Å². The van der Waals surface area contributed by atoms with Crippen LogP contribution in [-0.4, -0.2) is 17.9 Å². The van der Waals surface area contributed by atoms with Crippen LogP contribution in [0.15, 0.2) is 36.5 Å². The van der Waals surface area contributed by atoms with Gasteiger partial charge < -0.3 is 15.8 Å². The smallest absolute Gasteiger partial charge is 0.269 e. The molecule has 0 fully saturated rings. The minimum atomic E-state index is -0.261. The summed E-state index contributed by atoms with van der Waals surface area (Å²) >= 11 is 0. The maximum Gasteiger partial charge on any atom is 0.269 e. The number of pyridine rings is 1. The number of carbonyl (C=O) groups excluding carboxylic acids is 1. The molecule has 1 aromatic carbocycles. The number of amides is 1. The number of hydrogen-bond acceptors (Lipinski definition) is 4. The standard InChI is InChI=1S/C14H15N3O2/c1-9-3-4-11(15)13(7-9)19-10-5-6-17-12(8-10)14(18)16-2/h3-8H,15H2,1-2H3,(H,16,18). The number of benzene rings is 1. The van der Waals surface area contributed by atoms with E-state index in [2.05, 4.69) is 10.3 Å². The van der Waals surface area contributed by atoms with Gasteiger partial charge >= 0.3 is 0 Å². The summed E-state index contributed by atoms with van der Waals surface area (Å²) in [5, 5.41) is 2.51. The quantitative estimate of drug-likeness (QED) is 0.826. The number of aryl methyl sites for hydroxylation is 1. The van der Waals surface area contributed by atoms with Crippen LogP contribution in [0.5, 0.6) is 11.5 Å². The number of hydrogen-bond donors (Lipinski definition) is 2. The summed E-state index contributed by atoms with van der Waals surface area (Å²) < 4.78 is 5.68. The molecule has 19 heavy (non-hydrogen) atoms. The molecule has 0 aliphatic heterocycles. The third-order valence-corrected chi connectivity index (χ3v) is 2.59. The van der Waals surface area contributed by atoms with Crippen LogP contribution in [0, 0.1) is 6.92 Å². The van der Waals surface area contributed by atoms with Crippen molar-refractivity contribution in [2.24, 2.45) is 0 Å². The van der Waals surface area contributed by atoms with E-state index in [4.69, 9.17) is 10.5 Å². The molecular weight excluding hydrogens is 242 g/mol. The fraction of sp³-hybridized carbons (Fsp3) is 0.143. The molecule has 3 N–H and O–H groups in total. The number of aromatic nitrogens is 1. The van der Waals surface area contributed by atoms with Gasteiger partial charge in [-0.1, -0.05) is 6.07 Å². The summed E-state index contributed by atoms with van der Waals surface area (Å²) in [6.07, 6.45) is 1.52. The van der Waals surface area contributed by atoms with Gasteiger partial charge in [-0.15, -0.1) is 0 Å². The highest BCUT2D eigenvalue weighted by Crippen LogP contribution is 2.28. The van der Waals surface area contributed by atoms with Gasteiger partial charge in [0.05, 0.1) is 5.69 Å². The highest BCUT2D eigenvalue weighted by molar-refractivity contribution is 5.92. The van der Waals surface area contributed by atoms with Gasteiger partial charge in [-0.2, -0.15) is 0 Å². The molecule has 5 heteroatoms. The van der Waals surface area contributed by atoms with Crippen molar-refractivity contribution in [1.29, 1.82) is 0 Å². The molecule has 0 saturated heterocycles. The summed E-state index contributed by atoms with van der Waals surface area (Å²) in [5.74, 6) is 0.822. The van der Waals surface area contributed by atoms with Gasteiger partial charge in [0.1, 0.15) is 11.4 Å². The van der Waals surface area contributed by atoms with Crippen molar-refractivity contribution in [2.75, 3.05) is 12.8 Å². The average Bonchev–Trinajstić information content (AvgIpc) is 2.42. The second-order valence-electron chi connectivity index (χ2n) is 4.10. The number of nitrogens with zero attached hydrogens (tertiary/aromatic N) is 1. The molecule has 5 nitrogen and oxygen atoms in total. The fourth-order valence-corrected chi connectivity index (χ4v) is 1.58. The van der Waals surface area contributed by atoms with Crippen molar-refractivity contribution >= 4 is 11.6 Å². The van der Waals surface area contributed by atoms with Crippen molar-refractivity contribution in [1.82, 2.24) is 10.3 Å². The molecule has 0 spiro atoms. The van der Waals surface area contributed by atoms with Gasteiger partial charge in [0, 0.05) is 19.3 Å². The third-order valence-electron chi connectivity index (χ3n) is 2.59. The van der Waals surface area contributed by atoms with Crippen LogP contribution in [0.1, 0.15) is 16.1 Å². The minimum absolute atomic E-state index is 0.261. The molecule has 0 aliphatic rings. The Morgan fingerprint density at radius 1 is 1.32 bits per heavy atom. The van der Waals surface area contributed by atoms with Gasteiger partial charge in [-0.3, -0.25) is 9.78 Å². The molecule has 0 bridgehead atoms. The van der Waals surface area contributed by atoms with Crippen LogP contribution in [0.25, 0.3) is 0 Å². The molecule has 0 atom stereocenters. The first-order chi connectivity index (χ1) is 9.10. The molecule has 2 rings (SSSR count). The minimum Gasteiger partial charge on any atom is -0.455 e. The number of ether oxygens (including phenoxy) is 1. The number of nitrogens with two attached hydrogens (primary N) is 1. The van der Waals surface area contributed by atoms with Gasteiger partial charge in [0.25, 0.3) is 5.91 Å². The molecule has 1 aromatic heterocycles. The largest absolute Gasteiger partial charge is 0.455 e. The number of nitrogen functional groups attached to an aromatic ring is 1. The molecule has 2 aromatic rings. The van der Waals surface area contributed by atoms with E-state index in [0.29, 0.717) is 22.9 Å². The topological polar surface area (TPSA) is 77.2 Å². The fourth-order valence-electron chi connectivity index (χ4n) is 1.58. The van der Waals surface area contributed by atoms with Crippen LogP contribution < -0.4 is 15.8 Å². The second kappa shape index (κ2) is 5.39. The van der Waals surface area contributed by atoms with E-state index in [9.17, 15) is 4.79 Å². The monoisotopic (exact) mass is 257 g/mol. The Labute approximate surface area is 111 Å². The van der Waals surface area contributed by atoms with E-state index in [1.165, 1.54) is 6.20 Å². The Kier molecular flexibility index (Phi) is 3.66. The van der Waals surface area contributed by atoms with Gasteiger partial charge in [0.2, 0.25) is 0 Å². The molecule has 0 unspecified atom stereocenters. The summed E-state index contributed by atoms with van der Waals surface area (Å²) in [4.78, 5) is 15.5. The molecule has 1 heterocycles. The highest BCUT2D eigenvalue weighted by atomic mass is 16.5. The van der Waals surface area contributed by atoms with Crippen LogP contribution in [-0.2, 0) is 0 Å². The number of rotatable bonds is 3. The predicted octanol–water partition coefficient (Wildman–Crippen LogP) is 2.12. The summed E-state index contributed by atoms with van der Waals surface area (Å²) in [5.41, 5.74) is 7.73. The lowest BCUT2D eigenvalue weighted by atomic mass is 10.2. The average molecular weight is 257 g/mol. The Bertz CT molecular complexity index is 611. The Morgan fingerprint density at radius 3 is 2.84 bits per heavy atom. The Balaban J connectivity index is 2.28. The van der Waals surface area contributed by atoms with E-state index in [1.54, 1.807) is 25.2 Å². The Hall–Kier alpha value is -2.56. The lowest BCUT2D eigenvalue weighted by Gasteiger charge is -2.09. The molecule has 0 aliphatic carbocycles.